The second-order valence-corrected chi connectivity index (χ2v) is 4.74. The zero-order valence-corrected chi connectivity index (χ0v) is 10.7. The molecule has 5 nitrogen and oxygen atoms in total. The van der Waals surface area contributed by atoms with Crippen LogP contribution in [0.25, 0.3) is 0 Å². The number of pyridine rings is 1. The Kier molecular flexibility index (Phi) is 4.31. The van der Waals surface area contributed by atoms with E-state index in [1.165, 1.54) is 0 Å². The lowest BCUT2D eigenvalue weighted by molar-refractivity contribution is -0.120. The molecule has 0 aromatic carbocycles. The molecule has 0 aliphatic rings. The topological polar surface area (TPSA) is 63.2 Å². The third-order valence-electron chi connectivity index (χ3n) is 1.91. The van der Waals surface area contributed by atoms with Gasteiger partial charge in [-0.15, -0.1) is 0 Å². The molecule has 0 saturated heterocycles. The van der Waals surface area contributed by atoms with Crippen LogP contribution in [0.3, 0.4) is 0 Å². The van der Waals surface area contributed by atoms with Crippen LogP contribution in [0.2, 0.25) is 0 Å². The third-order valence-corrected chi connectivity index (χ3v) is 1.91. The molecule has 2 N–H and O–H groups in total. The second kappa shape index (κ2) is 5.52. The highest BCUT2D eigenvalue weighted by Crippen LogP contribution is 2.10. The Balaban J connectivity index is 2.42. The smallest absolute Gasteiger partial charge is 0.239 e. The Morgan fingerprint density at radius 2 is 2.12 bits per heavy atom. The van der Waals surface area contributed by atoms with Crippen molar-refractivity contribution in [1.82, 2.24) is 10.3 Å². The van der Waals surface area contributed by atoms with Crippen LogP contribution in [-0.4, -0.2) is 30.1 Å². The van der Waals surface area contributed by atoms with Gasteiger partial charge in [0.1, 0.15) is 0 Å². The molecule has 1 aromatic heterocycles. The largest absolute Gasteiger partial charge is 0.481 e. The monoisotopic (exact) mass is 237 g/mol. The van der Waals surface area contributed by atoms with Gasteiger partial charge in [-0.2, -0.15) is 0 Å². The summed E-state index contributed by atoms with van der Waals surface area (Å²) in [6.07, 6.45) is 1.63. The molecular weight excluding hydrogens is 218 g/mol. The summed E-state index contributed by atoms with van der Waals surface area (Å²) in [7, 11) is 1.56. The van der Waals surface area contributed by atoms with Crippen molar-refractivity contribution < 1.29 is 9.53 Å². The Labute approximate surface area is 102 Å². The molecule has 0 fully saturated rings. The number of nitrogens with one attached hydrogen (secondary N) is 2. The highest BCUT2D eigenvalue weighted by Gasteiger charge is 2.12. The van der Waals surface area contributed by atoms with Crippen LogP contribution in [-0.2, 0) is 4.79 Å². The van der Waals surface area contributed by atoms with E-state index in [9.17, 15) is 4.79 Å². The minimum Gasteiger partial charge on any atom is -0.481 e. The number of hydrogen-bond donors (Lipinski definition) is 2. The highest BCUT2D eigenvalue weighted by atomic mass is 16.5. The van der Waals surface area contributed by atoms with Gasteiger partial charge in [-0.1, -0.05) is 0 Å². The van der Waals surface area contributed by atoms with E-state index in [4.69, 9.17) is 4.74 Å². The van der Waals surface area contributed by atoms with E-state index in [1.54, 1.807) is 19.4 Å². The van der Waals surface area contributed by atoms with Gasteiger partial charge >= 0.3 is 0 Å². The maximum atomic E-state index is 11.5. The number of hydrogen-bond acceptors (Lipinski definition) is 4. The lowest BCUT2D eigenvalue weighted by atomic mass is 10.1. The molecule has 1 aromatic rings. The molecule has 0 spiro atoms. The molecule has 1 rings (SSSR count). The fourth-order valence-electron chi connectivity index (χ4n) is 1.25. The number of methoxy groups -OCH3 is 1. The lowest BCUT2D eigenvalue weighted by Gasteiger charge is -2.20. The highest BCUT2D eigenvalue weighted by molar-refractivity contribution is 5.81. The van der Waals surface area contributed by atoms with Gasteiger partial charge in [0.05, 0.1) is 25.5 Å². The van der Waals surface area contributed by atoms with E-state index in [0.29, 0.717) is 5.88 Å². The SMILES string of the molecule is COc1ccc(NCC(=O)NC(C)(C)C)cn1. The molecule has 0 radical (unpaired) electrons. The van der Waals surface area contributed by atoms with Crippen LogP contribution in [0, 0.1) is 0 Å². The van der Waals surface area contributed by atoms with Gasteiger partial charge in [-0.3, -0.25) is 4.79 Å². The maximum absolute atomic E-state index is 11.5. The first kappa shape index (κ1) is 13.3. The first-order valence-corrected chi connectivity index (χ1v) is 5.45. The van der Waals surface area contributed by atoms with Gasteiger partial charge < -0.3 is 15.4 Å². The first-order chi connectivity index (χ1) is 7.90. The van der Waals surface area contributed by atoms with Gasteiger partial charge in [-0.25, -0.2) is 4.98 Å². The summed E-state index contributed by atoms with van der Waals surface area (Å²) in [6.45, 7) is 6.06. The number of rotatable bonds is 4. The molecule has 0 bridgehead atoms. The lowest BCUT2D eigenvalue weighted by Crippen LogP contribution is -2.43. The Bertz CT molecular complexity index is 368. The van der Waals surface area contributed by atoms with Gasteiger partial charge in [-0.05, 0) is 26.8 Å². The number of carbonyl (C=O) groups is 1. The molecule has 94 valence electrons. The molecular formula is C12H19N3O2. The third kappa shape index (κ3) is 5.19. The summed E-state index contributed by atoms with van der Waals surface area (Å²) in [4.78, 5) is 15.6. The fourth-order valence-corrected chi connectivity index (χ4v) is 1.25. The zero-order chi connectivity index (χ0) is 12.9. The van der Waals surface area contributed by atoms with Crippen molar-refractivity contribution >= 4 is 11.6 Å². The minimum absolute atomic E-state index is 0.0479. The van der Waals surface area contributed by atoms with E-state index >= 15 is 0 Å². The summed E-state index contributed by atoms with van der Waals surface area (Å²) >= 11 is 0. The molecule has 17 heavy (non-hydrogen) atoms. The number of carbonyl (C=O) groups excluding carboxylic acids is 1. The van der Waals surface area contributed by atoms with Crippen LogP contribution in [0.5, 0.6) is 5.88 Å². The van der Waals surface area contributed by atoms with E-state index in [2.05, 4.69) is 15.6 Å². The average Bonchev–Trinajstić information content (AvgIpc) is 2.25. The first-order valence-electron chi connectivity index (χ1n) is 5.45. The zero-order valence-electron chi connectivity index (χ0n) is 10.7. The van der Waals surface area contributed by atoms with Crippen molar-refractivity contribution in [2.45, 2.75) is 26.3 Å². The van der Waals surface area contributed by atoms with Crippen molar-refractivity contribution in [3.63, 3.8) is 0 Å². The van der Waals surface area contributed by atoms with E-state index in [0.717, 1.165) is 5.69 Å². The van der Waals surface area contributed by atoms with Crippen LogP contribution >= 0.6 is 0 Å². The van der Waals surface area contributed by atoms with Crippen molar-refractivity contribution in [2.24, 2.45) is 0 Å². The van der Waals surface area contributed by atoms with Crippen LogP contribution < -0.4 is 15.4 Å². The predicted octanol–water partition coefficient (Wildman–Crippen LogP) is 1.42. The van der Waals surface area contributed by atoms with Crippen LogP contribution in [0.1, 0.15) is 20.8 Å². The Morgan fingerprint density at radius 1 is 1.41 bits per heavy atom. The van der Waals surface area contributed by atoms with E-state index in [-0.39, 0.29) is 18.0 Å². The van der Waals surface area contributed by atoms with E-state index in [1.807, 2.05) is 26.8 Å². The molecule has 0 saturated carbocycles. The van der Waals surface area contributed by atoms with Crippen molar-refractivity contribution in [3.8, 4) is 5.88 Å². The van der Waals surface area contributed by atoms with Crippen LogP contribution in [0.4, 0.5) is 5.69 Å². The molecule has 0 unspecified atom stereocenters. The normalized spacial score (nSPS) is 10.8. The Morgan fingerprint density at radius 3 is 2.59 bits per heavy atom. The summed E-state index contributed by atoms with van der Waals surface area (Å²) in [5.74, 6) is 0.503. The summed E-state index contributed by atoms with van der Waals surface area (Å²) in [5.41, 5.74) is 0.576. The van der Waals surface area contributed by atoms with Gasteiger partial charge in [0, 0.05) is 11.6 Å². The van der Waals surface area contributed by atoms with Crippen molar-refractivity contribution in [1.29, 1.82) is 0 Å². The number of aromatic nitrogens is 1. The average molecular weight is 237 g/mol. The number of nitrogens with zero attached hydrogens (tertiary/aromatic N) is 1. The van der Waals surface area contributed by atoms with Crippen molar-refractivity contribution in [3.05, 3.63) is 18.3 Å². The summed E-state index contributed by atoms with van der Waals surface area (Å²) in [6, 6.07) is 3.56. The number of anilines is 1. The number of ether oxygens (including phenoxy) is 1. The molecule has 0 aliphatic heterocycles. The molecule has 1 amide bonds. The Hall–Kier alpha value is -1.78. The fraction of sp³-hybridized carbons (Fsp3) is 0.500. The quantitative estimate of drug-likeness (QED) is 0.831. The molecule has 0 aliphatic carbocycles. The molecule has 0 atom stereocenters. The molecule has 5 heteroatoms. The van der Waals surface area contributed by atoms with Crippen molar-refractivity contribution in [2.75, 3.05) is 19.0 Å². The van der Waals surface area contributed by atoms with Crippen LogP contribution in [0.15, 0.2) is 18.3 Å². The standard InChI is InChI=1S/C12H19N3O2/c1-12(2,3)15-10(16)8-13-9-5-6-11(17-4)14-7-9/h5-7,13H,8H2,1-4H3,(H,15,16). The minimum atomic E-state index is -0.211. The predicted molar refractivity (Wildman–Crippen MR) is 67.2 cm³/mol. The van der Waals surface area contributed by atoms with E-state index < -0.39 is 0 Å². The summed E-state index contributed by atoms with van der Waals surface area (Å²) in [5, 5.41) is 5.85. The summed E-state index contributed by atoms with van der Waals surface area (Å²) < 4.78 is 4.94. The maximum Gasteiger partial charge on any atom is 0.239 e. The van der Waals surface area contributed by atoms with Gasteiger partial charge in [0.2, 0.25) is 11.8 Å². The van der Waals surface area contributed by atoms with Gasteiger partial charge in [0.25, 0.3) is 0 Å². The molecule has 1 heterocycles. The van der Waals surface area contributed by atoms with Gasteiger partial charge in [0.15, 0.2) is 0 Å². The number of amides is 1. The second-order valence-electron chi connectivity index (χ2n) is 4.74.